The summed E-state index contributed by atoms with van der Waals surface area (Å²) in [4.78, 5) is 15.6. The van der Waals surface area contributed by atoms with Gasteiger partial charge in [-0.2, -0.15) is 0 Å². The first-order valence-corrected chi connectivity index (χ1v) is 13.1. The molecule has 1 unspecified atom stereocenters. The predicted molar refractivity (Wildman–Crippen MR) is 146 cm³/mol. The van der Waals surface area contributed by atoms with Crippen LogP contribution in [-0.2, 0) is 10.3 Å². The largest absolute Gasteiger partial charge is 0.454 e. The van der Waals surface area contributed by atoms with E-state index < -0.39 is 5.60 Å². The normalized spacial score (nSPS) is 17.2. The standard InChI is InChI=1S/C31H26BrNO3/c1-4-33(5-2)25-18-17-23-28(26(25)20-11-7-6-8-12-20)35-29-24(16-15-19(3)27(29)32)31(23)22-14-10-9-13-21(22)30(34)36-31/h6-18H,4-5H2,1-3H3. The zero-order valence-corrected chi connectivity index (χ0v) is 22.1. The predicted octanol–water partition coefficient (Wildman–Crippen LogP) is 7.84. The van der Waals surface area contributed by atoms with E-state index in [9.17, 15) is 4.79 Å². The molecule has 5 heteroatoms. The molecule has 0 radical (unpaired) electrons. The van der Waals surface area contributed by atoms with Crippen LogP contribution in [0.5, 0.6) is 11.5 Å². The number of benzene rings is 4. The number of hydrogen-bond acceptors (Lipinski definition) is 4. The number of fused-ring (bicyclic) bond motifs is 6. The van der Waals surface area contributed by atoms with Gasteiger partial charge in [-0.25, -0.2) is 4.79 Å². The topological polar surface area (TPSA) is 38.8 Å². The number of anilines is 1. The van der Waals surface area contributed by atoms with Gasteiger partial charge in [-0.15, -0.1) is 0 Å². The third-order valence-corrected chi connectivity index (χ3v) is 8.31. The van der Waals surface area contributed by atoms with Crippen LogP contribution in [0.2, 0.25) is 0 Å². The molecule has 0 saturated carbocycles. The molecule has 180 valence electrons. The average Bonchev–Trinajstić information content (AvgIpc) is 3.20. The smallest absolute Gasteiger partial charge is 0.340 e. The second-order valence-electron chi connectivity index (χ2n) is 9.17. The lowest BCUT2D eigenvalue weighted by molar-refractivity contribution is 0.0224. The first kappa shape index (κ1) is 22.9. The van der Waals surface area contributed by atoms with E-state index in [0.29, 0.717) is 17.1 Å². The molecule has 36 heavy (non-hydrogen) atoms. The number of nitrogens with zero attached hydrogens (tertiary/aromatic N) is 1. The lowest BCUT2D eigenvalue weighted by atomic mass is 9.76. The highest BCUT2D eigenvalue weighted by Gasteiger charge is 2.54. The molecule has 2 aliphatic rings. The van der Waals surface area contributed by atoms with Gasteiger partial charge in [-0.1, -0.05) is 60.7 Å². The number of carbonyl (C=O) groups excluding carboxylic acids is 1. The second kappa shape index (κ2) is 8.52. The fourth-order valence-corrected chi connectivity index (χ4v) is 5.99. The molecule has 4 nitrogen and oxygen atoms in total. The van der Waals surface area contributed by atoms with Crippen LogP contribution in [-0.4, -0.2) is 19.1 Å². The summed E-state index contributed by atoms with van der Waals surface area (Å²) in [6, 6.07) is 26.3. The Bertz CT molecular complexity index is 1510. The Morgan fingerprint density at radius 3 is 2.22 bits per heavy atom. The third-order valence-electron chi connectivity index (χ3n) is 7.33. The number of aryl methyl sites for hydroxylation is 1. The zero-order chi connectivity index (χ0) is 25.0. The number of ether oxygens (including phenoxy) is 2. The van der Waals surface area contributed by atoms with E-state index in [-0.39, 0.29) is 5.97 Å². The Kier molecular flexibility index (Phi) is 5.41. The summed E-state index contributed by atoms with van der Waals surface area (Å²) in [7, 11) is 0. The van der Waals surface area contributed by atoms with Gasteiger partial charge in [0.05, 0.1) is 10.0 Å². The van der Waals surface area contributed by atoms with Gasteiger partial charge in [-0.05, 0) is 66.0 Å². The van der Waals surface area contributed by atoms with Crippen LogP contribution in [0.15, 0.2) is 83.3 Å². The van der Waals surface area contributed by atoms with Crippen molar-refractivity contribution in [1.29, 1.82) is 0 Å². The summed E-state index contributed by atoms with van der Waals surface area (Å²) in [6.45, 7) is 8.07. The van der Waals surface area contributed by atoms with E-state index in [1.54, 1.807) is 0 Å². The molecule has 1 atom stereocenters. The molecule has 0 bridgehead atoms. The average molecular weight is 540 g/mol. The van der Waals surface area contributed by atoms with Gasteiger partial charge in [0.15, 0.2) is 5.60 Å². The van der Waals surface area contributed by atoms with Gasteiger partial charge in [0.1, 0.15) is 11.5 Å². The minimum Gasteiger partial charge on any atom is -0.454 e. The highest BCUT2D eigenvalue weighted by Crippen LogP contribution is 2.60. The lowest BCUT2D eigenvalue weighted by Crippen LogP contribution is -2.34. The van der Waals surface area contributed by atoms with Crippen LogP contribution in [0.1, 0.15) is 46.5 Å². The fraction of sp³-hybridized carbons (Fsp3) is 0.194. The maximum absolute atomic E-state index is 13.3. The summed E-state index contributed by atoms with van der Waals surface area (Å²) >= 11 is 3.78. The van der Waals surface area contributed by atoms with Gasteiger partial charge in [0.2, 0.25) is 0 Å². The number of hydrogen-bond donors (Lipinski definition) is 0. The lowest BCUT2D eigenvalue weighted by Gasteiger charge is -2.39. The van der Waals surface area contributed by atoms with E-state index in [2.05, 4.69) is 58.9 Å². The molecule has 2 aliphatic heterocycles. The van der Waals surface area contributed by atoms with Gasteiger partial charge in [0.25, 0.3) is 0 Å². The molecule has 0 N–H and O–H groups in total. The molecular formula is C31H26BrNO3. The third kappa shape index (κ3) is 3.09. The van der Waals surface area contributed by atoms with E-state index in [1.165, 1.54) is 0 Å². The van der Waals surface area contributed by atoms with Gasteiger partial charge in [0, 0.05) is 41.0 Å². The van der Waals surface area contributed by atoms with Crippen molar-refractivity contribution in [3.05, 3.63) is 111 Å². The van der Waals surface area contributed by atoms with Gasteiger partial charge >= 0.3 is 5.97 Å². The molecule has 4 aromatic rings. The molecule has 4 aromatic carbocycles. The summed E-state index contributed by atoms with van der Waals surface area (Å²) < 4.78 is 14.1. The monoisotopic (exact) mass is 539 g/mol. The van der Waals surface area contributed by atoms with E-state index in [4.69, 9.17) is 9.47 Å². The molecule has 0 amide bonds. The summed E-state index contributed by atoms with van der Waals surface area (Å²) in [6.07, 6.45) is 0. The van der Waals surface area contributed by atoms with Crippen molar-refractivity contribution in [3.8, 4) is 22.6 Å². The fourth-order valence-electron chi connectivity index (χ4n) is 5.56. The van der Waals surface area contributed by atoms with Crippen molar-refractivity contribution in [1.82, 2.24) is 0 Å². The Labute approximate surface area is 219 Å². The van der Waals surface area contributed by atoms with Crippen molar-refractivity contribution >= 4 is 27.6 Å². The molecule has 6 rings (SSSR count). The molecule has 0 saturated heterocycles. The maximum atomic E-state index is 13.3. The highest BCUT2D eigenvalue weighted by atomic mass is 79.9. The van der Waals surface area contributed by atoms with Crippen molar-refractivity contribution in [3.63, 3.8) is 0 Å². The first-order chi connectivity index (χ1) is 17.5. The van der Waals surface area contributed by atoms with Gasteiger partial charge in [-0.3, -0.25) is 0 Å². The molecule has 0 aromatic heterocycles. The van der Waals surface area contributed by atoms with E-state index in [1.807, 2.05) is 61.5 Å². The Balaban J connectivity index is 1.76. The quantitative estimate of drug-likeness (QED) is 0.247. The molecule has 0 fully saturated rings. The van der Waals surface area contributed by atoms with Crippen molar-refractivity contribution in [2.75, 3.05) is 18.0 Å². The SMILES string of the molecule is CCN(CC)c1ccc2c(c1-c1ccccc1)Oc1c(ccc(C)c1Br)C21OC(=O)c2ccccc21. The molecular weight excluding hydrogens is 514 g/mol. The van der Waals surface area contributed by atoms with Crippen LogP contribution in [0.4, 0.5) is 5.69 Å². The summed E-state index contributed by atoms with van der Waals surface area (Å²) in [5.41, 5.74) is 6.16. The number of rotatable bonds is 4. The van der Waals surface area contributed by atoms with Crippen molar-refractivity contribution in [2.24, 2.45) is 0 Å². The summed E-state index contributed by atoms with van der Waals surface area (Å²) in [5, 5.41) is 0. The minimum atomic E-state index is -1.10. The van der Waals surface area contributed by atoms with Crippen molar-refractivity contribution < 1.29 is 14.3 Å². The van der Waals surface area contributed by atoms with Crippen molar-refractivity contribution in [2.45, 2.75) is 26.4 Å². The van der Waals surface area contributed by atoms with E-state index in [0.717, 1.165) is 56.6 Å². The Morgan fingerprint density at radius 1 is 0.806 bits per heavy atom. The molecule has 1 spiro atoms. The number of carbonyl (C=O) groups is 1. The Hall–Kier alpha value is -3.57. The first-order valence-electron chi connectivity index (χ1n) is 12.3. The second-order valence-corrected chi connectivity index (χ2v) is 9.96. The number of halogens is 1. The molecule has 0 aliphatic carbocycles. The summed E-state index contributed by atoms with van der Waals surface area (Å²) in [5.74, 6) is 1.07. The van der Waals surface area contributed by atoms with E-state index >= 15 is 0 Å². The highest BCUT2D eigenvalue weighted by molar-refractivity contribution is 9.10. The van der Waals surface area contributed by atoms with Crippen LogP contribution in [0.25, 0.3) is 11.1 Å². The van der Waals surface area contributed by atoms with Crippen LogP contribution >= 0.6 is 15.9 Å². The minimum absolute atomic E-state index is 0.324. The van der Waals surface area contributed by atoms with Crippen LogP contribution in [0, 0.1) is 6.92 Å². The zero-order valence-electron chi connectivity index (χ0n) is 20.5. The van der Waals surface area contributed by atoms with Crippen LogP contribution < -0.4 is 9.64 Å². The number of esters is 1. The maximum Gasteiger partial charge on any atom is 0.340 e. The van der Waals surface area contributed by atoms with Crippen LogP contribution in [0.3, 0.4) is 0 Å². The van der Waals surface area contributed by atoms with Gasteiger partial charge < -0.3 is 14.4 Å². The Morgan fingerprint density at radius 2 is 1.47 bits per heavy atom. The molecule has 2 heterocycles.